The molecule has 2 aliphatic rings. The van der Waals surface area contributed by atoms with E-state index in [0.717, 1.165) is 31.2 Å². The zero-order valence-corrected chi connectivity index (χ0v) is 14.0. The van der Waals surface area contributed by atoms with Crippen LogP contribution in [0, 0.1) is 0 Å². The Balaban J connectivity index is 1.45. The van der Waals surface area contributed by atoms with E-state index in [1.165, 1.54) is 22.7 Å². The zero-order chi connectivity index (χ0) is 15.1. The third-order valence-electron chi connectivity index (χ3n) is 4.76. The summed E-state index contributed by atoms with van der Waals surface area (Å²) in [6.07, 6.45) is 6.36. The summed E-state index contributed by atoms with van der Waals surface area (Å²) in [5.74, 6) is 1.68. The molecule has 0 amide bonds. The minimum absolute atomic E-state index is 0.396. The van der Waals surface area contributed by atoms with Gasteiger partial charge in [-0.3, -0.25) is 4.90 Å². The van der Waals surface area contributed by atoms with E-state index in [1.54, 1.807) is 0 Å². The zero-order valence-electron chi connectivity index (χ0n) is 13.2. The Morgan fingerprint density at radius 3 is 2.86 bits per heavy atom. The number of aromatic nitrogens is 3. The molecule has 4 rings (SSSR count). The van der Waals surface area contributed by atoms with Crippen LogP contribution in [0.1, 0.15) is 49.5 Å². The Morgan fingerprint density at radius 1 is 1.27 bits per heavy atom. The van der Waals surface area contributed by atoms with Crippen LogP contribution in [0.3, 0.4) is 0 Å². The van der Waals surface area contributed by atoms with Gasteiger partial charge in [-0.1, -0.05) is 0 Å². The maximum Gasteiger partial charge on any atom is 0.123 e. The second kappa shape index (κ2) is 5.76. The van der Waals surface area contributed by atoms with Gasteiger partial charge >= 0.3 is 0 Å². The van der Waals surface area contributed by atoms with Gasteiger partial charge in [0.25, 0.3) is 0 Å². The molecule has 5 nitrogen and oxygen atoms in total. The summed E-state index contributed by atoms with van der Waals surface area (Å²) in [5, 5.41) is 4.75. The van der Waals surface area contributed by atoms with Gasteiger partial charge in [-0.25, -0.2) is 9.97 Å². The average Bonchev–Trinajstić information content (AvgIpc) is 3.17. The average molecular weight is 317 g/mol. The maximum atomic E-state index is 4.64. The van der Waals surface area contributed by atoms with Gasteiger partial charge in [-0.05, 0) is 33.2 Å². The van der Waals surface area contributed by atoms with Crippen LogP contribution in [0.4, 0.5) is 0 Å². The monoisotopic (exact) mass is 317 g/mol. The van der Waals surface area contributed by atoms with Crippen molar-refractivity contribution >= 4 is 11.3 Å². The van der Waals surface area contributed by atoms with Gasteiger partial charge in [-0.15, -0.1) is 11.3 Å². The summed E-state index contributed by atoms with van der Waals surface area (Å²) >= 11 is 1.81. The SMILES string of the molecule is CC(C)N1CC(c2ncc(-c3cnc(C4CCCN4)[nH]3)s2)C1. The van der Waals surface area contributed by atoms with Crippen LogP contribution in [-0.4, -0.2) is 45.5 Å². The highest BCUT2D eigenvalue weighted by molar-refractivity contribution is 7.15. The van der Waals surface area contributed by atoms with E-state index >= 15 is 0 Å². The number of likely N-dealkylation sites (tertiary alicyclic amines) is 1. The van der Waals surface area contributed by atoms with Crippen LogP contribution in [0.25, 0.3) is 10.6 Å². The number of nitrogens with one attached hydrogen (secondary N) is 2. The molecule has 1 atom stereocenters. The van der Waals surface area contributed by atoms with Crippen LogP contribution in [0.15, 0.2) is 12.4 Å². The summed E-state index contributed by atoms with van der Waals surface area (Å²) in [6.45, 7) is 7.90. The first-order chi connectivity index (χ1) is 10.7. The highest BCUT2D eigenvalue weighted by atomic mass is 32.1. The lowest BCUT2D eigenvalue weighted by atomic mass is 9.99. The normalized spacial score (nSPS) is 23.3. The fraction of sp³-hybridized carbons (Fsp3) is 0.625. The summed E-state index contributed by atoms with van der Waals surface area (Å²) in [7, 11) is 0. The first-order valence-corrected chi connectivity index (χ1v) is 9.01. The van der Waals surface area contributed by atoms with Crippen LogP contribution in [-0.2, 0) is 0 Å². The molecule has 6 heteroatoms. The number of imidazole rings is 1. The molecule has 118 valence electrons. The van der Waals surface area contributed by atoms with Gasteiger partial charge in [0.15, 0.2) is 0 Å². The highest BCUT2D eigenvalue weighted by Gasteiger charge is 2.32. The number of hydrogen-bond donors (Lipinski definition) is 2. The molecule has 0 aliphatic carbocycles. The fourth-order valence-corrected chi connectivity index (χ4v) is 4.21. The van der Waals surface area contributed by atoms with Crippen LogP contribution < -0.4 is 5.32 Å². The van der Waals surface area contributed by atoms with Crippen molar-refractivity contribution in [3.63, 3.8) is 0 Å². The molecule has 0 saturated carbocycles. The minimum Gasteiger partial charge on any atom is -0.340 e. The smallest absolute Gasteiger partial charge is 0.123 e. The lowest BCUT2D eigenvalue weighted by Gasteiger charge is -2.41. The number of hydrogen-bond acceptors (Lipinski definition) is 5. The van der Waals surface area contributed by atoms with Gasteiger partial charge in [0.05, 0.1) is 27.8 Å². The Hall–Kier alpha value is -1.24. The fourth-order valence-electron chi connectivity index (χ4n) is 3.25. The van der Waals surface area contributed by atoms with Crippen molar-refractivity contribution in [3.05, 3.63) is 23.2 Å². The van der Waals surface area contributed by atoms with E-state index in [-0.39, 0.29) is 0 Å². The lowest BCUT2D eigenvalue weighted by molar-refractivity contribution is 0.110. The quantitative estimate of drug-likeness (QED) is 0.910. The van der Waals surface area contributed by atoms with Crippen molar-refractivity contribution < 1.29 is 0 Å². The minimum atomic E-state index is 0.396. The van der Waals surface area contributed by atoms with Crippen molar-refractivity contribution in [1.29, 1.82) is 0 Å². The van der Waals surface area contributed by atoms with E-state index in [2.05, 4.69) is 39.0 Å². The Labute approximate surface area is 135 Å². The topological polar surface area (TPSA) is 56.8 Å². The molecule has 0 bridgehead atoms. The molecule has 2 saturated heterocycles. The molecule has 2 N–H and O–H groups in total. The first kappa shape index (κ1) is 14.4. The van der Waals surface area contributed by atoms with Crippen molar-refractivity contribution in [1.82, 2.24) is 25.2 Å². The Morgan fingerprint density at radius 2 is 2.14 bits per heavy atom. The van der Waals surface area contributed by atoms with Crippen molar-refractivity contribution in [2.75, 3.05) is 19.6 Å². The van der Waals surface area contributed by atoms with Gasteiger partial charge in [0.1, 0.15) is 5.82 Å². The van der Waals surface area contributed by atoms with Gasteiger partial charge < -0.3 is 10.3 Å². The second-order valence-electron chi connectivity index (χ2n) is 6.64. The molecule has 0 spiro atoms. The number of rotatable bonds is 4. The van der Waals surface area contributed by atoms with E-state index < -0.39 is 0 Å². The van der Waals surface area contributed by atoms with Crippen molar-refractivity contribution in [2.45, 2.75) is 44.7 Å². The predicted octanol–water partition coefficient (Wildman–Crippen LogP) is 2.77. The highest BCUT2D eigenvalue weighted by Crippen LogP contribution is 2.35. The molecule has 4 heterocycles. The summed E-state index contributed by atoms with van der Waals surface area (Å²) < 4.78 is 0. The Bertz CT molecular complexity index is 635. The second-order valence-corrected chi connectivity index (χ2v) is 7.70. The molecule has 2 aromatic heterocycles. The van der Waals surface area contributed by atoms with Crippen LogP contribution in [0.5, 0.6) is 0 Å². The molecule has 1 unspecified atom stereocenters. The molecule has 2 aliphatic heterocycles. The number of thiazole rings is 1. The lowest BCUT2D eigenvalue weighted by Crippen LogP contribution is -2.48. The number of aromatic amines is 1. The molecule has 2 aromatic rings. The molecule has 2 fully saturated rings. The molecule has 22 heavy (non-hydrogen) atoms. The maximum absolute atomic E-state index is 4.64. The molecule has 0 radical (unpaired) electrons. The Kier molecular flexibility index (Phi) is 3.76. The summed E-state index contributed by atoms with van der Waals surface area (Å²) in [6, 6.07) is 1.04. The largest absolute Gasteiger partial charge is 0.340 e. The van der Waals surface area contributed by atoms with Gasteiger partial charge in [0.2, 0.25) is 0 Å². The van der Waals surface area contributed by atoms with E-state index in [1.807, 2.05) is 23.7 Å². The molecule has 0 aromatic carbocycles. The standard InChI is InChI=1S/C16H23N5S/c1-10(2)21-8-11(9-21)16-19-7-14(22-16)13-6-18-15(20-13)12-4-3-5-17-12/h6-7,10-12,17H,3-5,8-9H2,1-2H3,(H,18,20). The number of H-pyrrole nitrogens is 1. The van der Waals surface area contributed by atoms with E-state index in [9.17, 15) is 0 Å². The molecular weight excluding hydrogens is 294 g/mol. The van der Waals surface area contributed by atoms with Crippen LogP contribution in [0.2, 0.25) is 0 Å². The molecular formula is C16H23N5S. The van der Waals surface area contributed by atoms with Crippen molar-refractivity contribution in [3.8, 4) is 10.6 Å². The predicted molar refractivity (Wildman–Crippen MR) is 89.1 cm³/mol. The third-order valence-corrected chi connectivity index (χ3v) is 5.96. The van der Waals surface area contributed by atoms with E-state index in [4.69, 9.17) is 0 Å². The van der Waals surface area contributed by atoms with Gasteiger partial charge in [-0.2, -0.15) is 0 Å². The van der Waals surface area contributed by atoms with E-state index in [0.29, 0.717) is 18.0 Å². The van der Waals surface area contributed by atoms with Gasteiger partial charge in [0, 0.05) is 31.2 Å². The number of nitrogens with zero attached hydrogens (tertiary/aromatic N) is 3. The summed E-state index contributed by atoms with van der Waals surface area (Å²) in [4.78, 5) is 16.4. The third kappa shape index (κ3) is 2.59. The van der Waals surface area contributed by atoms with Crippen LogP contribution >= 0.6 is 11.3 Å². The summed E-state index contributed by atoms with van der Waals surface area (Å²) in [5.41, 5.74) is 1.10. The first-order valence-electron chi connectivity index (χ1n) is 8.19. The van der Waals surface area contributed by atoms with Crippen molar-refractivity contribution in [2.24, 2.45) is 0 Å².